The normalized spacial score (nSPS) is 19.1. The van der Waals surface area contributed by atoms with Gasteiger partial charge in [0, 0.05) is 39.0 Å². The fourth-order valence-electron chi connectivity index (χ4n) is 5.68. The number of carbonyl (C=O) groups excluding carboxylic acids is 2. The molecule has 2 aliphatic rings. The van der Waals surface area contributed by atoms with E-state index in [9.17, 15) is 9.59 Å². The summed E-state index contributed by atoms with van der Waals surface area (Å²) < 4.78 is 7.36. The topological polar surface area (TPSA) is 93.5 Å². The summed E-state index contributed by atoms with van der Waals surface area (Å²) in [5.41, 5.74) is 3.03. The molecule has 2 aromatic heterocycles. The SMILES string of the molecule is COCc1nc2ccccc2n1CC(=O)N1CCCCC1C1CCN(C(=O)c2cnc(C)cn2)CC1. The average molecular weight is 491 g/mol. The molecule has 0 N–H and O–H groups in total. The summed E-state index contributed by atoms with van der Waals surface area (Å²) in [6.45, 7) is 4.64. The smallest absolute Gasteiger partial charge is 0.274 e. The summed E-state index contributed by atoms with van der Waals surface area (Å²) in [6, 6.07) is 8.12. The van der Waals surface area contributed by atoms with Crippen molar-refractivity contribution < 1.29 is 14.3 Å². The van der Waals surface area contributed by atoms with Gasteiger partial charge in [-0.15, -0.1) is 0 Å². The summed E-state index contributed by atoms with van der Waals surface area (Å²) in [7, 11) is 1.65. The zero-order valence-corrected chi connectivity index (χ0v) is 21.1. The molecule has 1 unspecified atom stereocenters. The van der Waals surface area contributed by atoms with Crippen molar-refractivity contribution in [1.29, 1.82) is 0 Å². The molecule has 5 rings (SSSR count). The second kappa shape index (κ2) is 10.7. The summed E-state index contributed by atoms with van der Waals surface area (Å²) in [4.78, 5) is 43.7. The zero-order valence-electron chi connectivity index (χ0n) is 21.1. The van der Waals surface area contributed by atoms with Crippen LogP contribution in [-0.4, -0.2) is 73.9 Å². The molecule has 0 aliphatic carbocycles. The Kier molecular flexibility index (Phi) is 7.27. The minimum absolute atomic E-state index is 0.0600. The van der Waals surface area contributed by atoms with Gasteiger partial charge in [-0.25, -0.2) is 9.97 Å². The number of fused-ring (bicyclic) bond motifs is 1. The Hall–Kier alpha value is -3.33. The summed E-state index contributed by atoms with van der Waals surface area (Å²) in [6.07, 6.45) is 8.15. The Morgan fingerprint density at radius 2 is 1.83 bits per heavy atom. The molecule has 9 nitrogen and oxygen atoms in total. The van der Waals surface area contributed by atoms with Gasteiger partial charge in [-0.3, -0.25) is 14.6 Å². The first-order chi connectivity index (χ1) is 17.5. The average Bonchev–Trinajstić information content (AvgIpc) is 3.26. The lowest BCUT2D eigenvalue weighted by Gasteiger charge is -2.43. The number of piperidine rings is 2. The summed E-state index contributed by atoms with van der Waals surface area (Å²) >= 11 is 0. The molecule has 4 heterocycles. The van der Waals surface area contributed by atoms with Crippen molar-refractivity contribution in [3.63, 3.8) is 0 Å². The van der Waals surface area contributed by atoms with E-state index in [1.165, 1.54) is 0 Å². The molecule has 2 fully saturated rings. The van der Waals surface area contributed by atoms with E-state index in [0.29, 0.717) is 31.3 Å². The second-order valence-electron chi connectivity index (χ2n) is 9.86. The molecule has 2 aliphatic heterocycles. The van der Waals surface area contributed by atoms with Crippen molar-refractivity contribution >= 4 is 22.8 Å². The first-order valence-electron chi connectivity index (χ1n) is 12.9. The summed E-state index contributed by atoms with van der Waals surface area (Å²) in [5.74, 6) is 1.23. The van der Waals surface area contributed by atoms with E-state index in [1.807, 2.05) is 40.7 Å². The van der Waals surface area contributed by atoms with Crippen LogP contribution in [0.2, 0.25) is 0 Å². The van der Waals surface area contributed by atoms with E-state index in [4.69, 9.17) is 4.74 Å². The van der Waals surface area contributed by atoms with Gasteiger partial charge in [0.25, 0.3) is 5.91 Å². The number of ether oxygens (including phenoxy) is 1. The highest BCUT2D eigenvalue weighted by Crippen LogP contribution is 2.31. The van der Waals surface area contributed by atoms with Crippen LogP contribution in [0.25, 0.3) is 11.0 Å². The molecular weight excluding hydrogens is 456 g/mol. The third-order valence-electron chi connectivity index (χ3n) is 7.54. The number of hydrogen-bond donors (Lipinski definition) is 0. The molecule has 2 amide bonds. The standard InChI is InChI=1S/C27H34N6O3/c1-19-15-29-22(16-28-19)27(35)31-13-10-20(11-14-31)23-8-5-6-12-32(23)26(34)17-33-24-9-4-3-7-21(24)30-25(33)18-36-2/h3-4,7,9,15-16,20,23H,5-6,8,10-14,17-18H2,1-2H3. The lowest BCUT2D eigenvalue weighted by Crippen LogP contribution is -2.51. The highest BCUT2D eigenvalue weighted by atomic mass is 16.5. The first kappa shape index (κ1) is 24.4. The van der Waals surface area contributed by atoms with E-state index in [0.717, 1.165) is 61.2 Å². The number of carbonyl (C=O) groups is 2. The van der Waals surface area contributed by atoms with Crippen molar-refractivity contribution in [1.82, 2.24) is 29.3 Å². The number of amides is 2. The van der Waals surface area contributed by atoms with E-state index in [-0.39, 0.29) is 24.4 Å². The van der Waals surface area contributed by atoms with Crippen molar-refractivity contribution in [3.8, 4) is 0 Å². The quantitative estimate of drug-likeness (QED) is 0.527. The van der Waals surface area contributed by atoms with Crippen LogP contribution in [0.3, 0.4) is 0 Å². The molecular formula is C27H34N6O3. The van der Waals surface area contributed by atoms with Crippen molar-refractivity contribution in [2.24, 2.45) is 5.92 Å². The first-order valence-corrected chi connectivity index (χ1v) is 12.9. The molecule has 0 radical (unpaired) electrons. The fourth-order valence-corrected chi connectivity index (χ4v) is 5.68. The number of rotatable bonds is 6. The van der Waals surface area contributed by atoms with Crippen molar-refractivity contribution in [2.75, 3.05) is 26.7 Å². The molecule has 0 spiro atoms. The predicted octanol–water partition coefficient (Wildman–Crippen LogP) is 3.21. The maximum atomic E-state index is 13.7. The molecule has 36 heavy (non-hydrogen) atoms. The lowest BCUT2D eigenvalue weighted by atomic mass is 9.83. The molecule has 0 saturated carbocycles. The van der Waals surface area contributed by atoms with Crippen molar-refractivity contribution in [3.05, 3.63) is 53.9 Å². The van der Waals surface area contributed by atoms with E-state index in [2.05, 4.69) is 19.9 Å². The van der Waals surface area contributed by atoms with Gasteiger partial charge in [-0.1, -0.05) is 12.1 Å². The van der Waals surface area contributed by atoms with Crippen LogP contribution in [0.4, 0.5) is 0 Å². The molecule has 1 aromatic carbocycles. The number of hydrogen-bond acceptors (Lipinski definition) is 6. The molecule has 1 atom stereocenters. The number of benzene rings is 1. The molecule has 190 valence electrons. The highest BCUT2D eigenvalue weighted by Gasteiger charge is 2.36. The van der Waals surface area contributed by atoms with Crippen LogP contribution in [-0.2, 0) is 22.7 Å². The third kappa shape index (κ3) is 4.97. The van der Waals surface area contributed by atoms with Gasteiger partial charge in [-0.05, 0) is 57.1 Å². The van der Waals surface area contributed by atoms with Gasteiger partial charge < -0.3 is 19.1 Å². The van der Waals surface area contributed by atoms with Gasteiger partial charge >= 0.3 is 0 Å². The third-order valence-corrected chi connectivity index (χ3v) is 7.54. The minimum Gasteiger partial charge on any atom is -0.377 e. The van der Waals surface area contributed by atoms with E-state index in [1.54, 1.807) is 19.5 Å². The number of nitrogens with zero attached hydrogens (tertiary/aromatic N) is 6. The van der Waals surface area contributed by atoms with Crippen LogP contribution in [0.5, 0.6) is 0 Å². The number of methoxy groups -OCH3 is 1. The van der Waals surface area contributed by atoms with Gasteiger partial charge in [0.05, 0.1) is 22.9 Å². The van der Waals surface area contributed by atoms with Gasteiger partial charge in [-0.2, -0.15) is 0 Å². The number of aryl methyl sites for hydroxylation is 1. The van der Waals surface area contributed by atoms with Crippen LogP contribution in [0, 0.1) is 12.8 Å². The fraction of sp³-hybridized carbons (Fsp3) is 0.519. The lowest BCUT2D eigenvalue weighted by molar-refractivity contribution is -0.137. The maximum absolute atomic E-state index is 13.7. The van der Waals surface area contributed by atoms with E-state index < -0.39 is 0 Å². The number of likely N-dealkylation sites (tertiary alicyclic amines) is 2. The Balaban J connectivity index is 1.27. The molecule has 0 bridgehead atoms. The minimum atomic E-state index is -0.0600. The van der Waals surface area contributed by atoms with Crippen LogP contribution in [0.1, 0.15) is 54.1 Å². The monoisotopic (exact) mass is 490 g/mol. The maximum Gasteiger partial charge on any atom is 0.274 e. The van der Waals surface area contributed by atoms with Gasteiger partial charge in [0.2, 0.25) is 5.91 Å². The Morgan fingerprint density at radius 1 is 1.03 bits per heavy atom. The number of imidazole rings is 1. The highest BCUT2D eigenvalue weighted by molar-refractivity contribution is 5.92. The Labute approximate surface area is 211 Å². The zero-order chi connectivity index (χ0) is 25.1. The second-order valence-corrected chi connectivity index (χ2v) is 9.86. The van der Waals surface area contributed by atoms with Crippen LogP contribution in [0.15, 0.2) is 36.7 Å². The van der Waals surface area contributed by atoms with Crippen LogP contribution >= 0.6 is 0 Å². The molecule has 3 aromatic rings. The van der Waals surface area contributed by atoms with Gasteiger partial charge in [0.1, 0.15) is 24.7 Å². The van der Waals surface area contributed by atoms with E-state index >= 15 is 0 Å². The largest absolute Gasteiger partial charge is 0.377 e. The Bertz CT molecular complexity index is 1220. The number of para-hydroxylation sites is 2. The van der Waals surface area contributed by atoms with Gasteiger partial charge in [0.15, 0.2) is 0 Å². The van der Waals surface area contributed by atoms with Crippen LogP contribution < -0.4 is 0 Å². The summed E-state index contributed by atoms with van der Waals surface area (Å²) in [5, 5.41) is 0. The molecule has 2 saturated heterocycles. The Morgan fingerprint density at radius 3 is 2.58 bits per heavy atom. The molecule has 9 heteroatoms. The number of aromatic nitrogens is 4. The van der Waals surface area contributed by atoms with Crippen molar-refractivity contribution in [2.45, 2.75) is 58.2 Å². The predicted molar refractivity (Wildman–Crippen MR) is 135 cm³/mol.